The van der Waals surface area contributed by atoms with Crippen LogP contribution in [0.25, 0.3) is 16.8 Å². The van der Waals surface area contributed by atoms with Crippen molar-refractivity contribution in [3.63, 3.8) is 0 Å². The van der Waals surface area contributed by atoms with Gasteiger partial charge in [0, 0.05) is 24.2 Å². The Hall–Kier alpha value is -2.89. The molecule has 1 aliphatic rings. The number of carboxylic acids is 1. The lowest BCUT2D eigenvalue weighted by molar-refractivity contribution is -0.138. The summed E-state index contributed by atoms with van der Waals surface area (Å²) in [5.74, 6) is 0.743. The van der Waals surface area contributed by atoms with Gasteiger partial charge in [-0.1, -0.05) is 24.3 Å². The number of rotatable bonds is 4. The van der Waals surface area contributed by atoms with Crippen LogP contribution in [0.5, 0.6) is 0 Å². The average molecular weight is 350 g/mol. The van der Waals surface area contributed by atoms with Gasteiger partial charge in [0.1, 0.15) is 5.82 Å². The monoisotopic (exact) mass is 350 g/mol. The number of benzene rings is 1. The van der Waals surface area contributed by atoms with Crippen molar-refractivity contribution in [1.82, 2.24) is 14.6 Å². The number of hydrogen-bond donors (Lipinski definition) is 2. The van der Waals surface area contributed by atoms with Crippen molar-refractivity contribution in [1.29, 1.82) is 0 Å². The maximum atomic E-state index is 10.9. The van der Waals surface area contributed by atoms with E-state index < -0.39 is 5.97 Å². The molecule has 0 aliphatic heterocycles. The number of aliphatic carboxylic acids is 1. The molecule has 1 saturated carbocycles. The first-order valence-corrected chi connectivity index (χ1v) is 9.02. The fourth-order valence-corrected chi connectivity index (χ4v) is 3.99. The highest BCUT2D eigenvalue weighted by atomic mass is 16.4. The van der Waals surface area contributed by atoms with Crippen molar-refractivity contribution in [2.75, 3.05) is 5.73 Å². The van der Waals surface area contributed by atoms with Gasteiger partial charge in [-0.05, 0) is 48.6 Å². The lowest BCUT2D eigenvalue weighted by Gasteiger charge is -2.28. The summed E-state index contributed by atoms with van der Waals surface area (Å²) in [5, 5.41) is 13.2. The Kier molecular flexibility index (Phi) is 4.32. The predicted octanol–water partition coefficient (Wildman–Crippen LogP) is 3.73. The second-order valence-electron chi connectivity index (χ2n) is 7.10. The molecule has 0 bridgehead atoms. The molecule has 0 radical (unpaired) electrons. The molecule has 1 aromatic carbocycles. The number of nitrogens with two attached hydrogens (primary N) is 1. The maximum Gasteiger partial charge on any atom is 0.303 e. The summed E-state index contributed by atoms with van der Waals surface area (Å²) >= 11 is 0. The predicted molar refractivity (Wildman–Crippen MR) is 99.8 cm³/mol. The van der Waals surface area contributed by atoms with Crippen LogP contribution >= 0.6 is 0 Å². The average Bonchev–Trinajstić information content (AvgIpc) is 3.12. The maximum absolute atomic E-state index is 10.9. The number of nitrogens with zero attached hydrogens (tertiary/aromatic N) is 3. The molecule has 134 valence electrons. The van der Waals surface area contributed by atoms with Gasteiger partial charge in [0.15, 0.2) is 5.65 Å². The van der Waals surface area contributed by atoms with Gasteiger partial charge in [-0.25, -0.2) is 4.98 Å². The van der Waals surface area contributed by atoms with Crippen molar-refractivity contribution in [2.24, 2.45) is 5.92 Å². The van der Waals surface area contributed by atoms with E-state index in [1.54, 1.807) is 16.9 Å². The summed E-state index contributed by atoms with van der Waals surface area (Å²) in [7, 11) is 0. The van der Waals surface area contributed by atoms with Crippen LogP contribution in [0.3, 0.4) is 0 Å². The summed E-state index contributed by atoms with van der Waals surface area (Å²) in [6, 6.07) is 10.3. The van der Waals surface area contributed by atoms with E-state index in [9.17, 15) is 4.79 Å². The first kappa shape index (κ1) is 16.6. The van der Waals surface area contributed by atoms with Crippen LogP contribution in [0.15, 0.2) is 42.7 Å². The minimum Gasteiger partial charge on any atom is -0.481 e. The largest absolute Gasteiger partial charge is 0.481 e. The molecule has 2 heterocycles. The molecule has 6 heteroatoms. The van der Waals surface area contributed by atoms with Crippen LogP contribution in [0.4, 0.5) is 5.82 Å². The fraction of sp³-hybridized carbons (Fsp3) is 0.350. The molecule has 3 aromatic rings. The Morgan fingerprint density at radius 1 is 1.15 bits per heavy atom. The Morgan fingerprint density at radius 3 is 2.58 bits per heavy atom. The van der Waals surface area contributed by atoms with E-state index in [0.29, 0.717) is 24.1 Å². The van der Waals surface area contributed by atoms with Gasteiger partial charge >= 0.3 is 5.97 Å². The zero-order valence-corrected chi connectivity index (χ0v) is 14.5. The molecular weight excluding hydrogens is 328 g/mol. The number of fused-ring (bicyclic) bond motifs is 1. The third-order valence-corrected chi connectivity index (χ3v) is 5.46. The molecule has 0 amide bonds. The van der Waals surface area contributed by atoms with E-state index in [1.165, 1.54) is 5.56 Å². The van der Waals surface area contributed by atoms with Crippen LogP contribution in [0.1, 0.15) is 43.6 Å². The van der Waals surface area contributed by atoms with E-state index in [4.69, 9.17) is 10.8 Å². The second kappa shape index (κ2) is 6.78. The quantitative estimate of drug-likeness (QED) is 0.748. The number of nitrogen functional groups attached to an aromatic ring is 1. The minimum atomic E-state index is -0.682. The number of hydrogen-bond acceptors (Lipinski definition) is 4. The zero-order valence-electron chi connectivity index (χ0n) is 14.5. The molecule has 2 aromatic heterocycles. The number of aromatic nitrogens is 3. The topological polar surface area (TPSA) is 93.5 Å². The van der Waals surface area contributed by atoms with Crippen molar-refractivity contribution in [2.45, 2.75) is 38.0 Å². The van der Waals surface area contributed by atoms with Gasteiger partial charge in [0.2, 0.25) is 0 Å². The summed E-state index contributed by atoms with van der Waals surface area (Å²) in [6.07, 6.45) is 7.87. The molecule has 1 aliphatic carbocycles. The van der Waals surface area contributed by atoms with Crippen LogP contribution in [0.2, 0.25) is 0 Å². The first-order chi connectivity index (χ1) is 12.6. The number of anilines is 1. The van der Waals surface area contributed by atoms with E-state index >= 15 is 0 Å². The lowest BCUT2D eigenvalue weighted by Crippen LogP contribution is -2.16. The zero-order chi connectivity index (χ0) is 18.1. The highest BCUT2D eigenvalue weighted by Gasteiger charge is 2.24. The van der Waals surface area contributed by atoms with E-state index in [0.717, 1.165) is 42.5 Å². The van der Waals surface area contributed by atoms with Gasteiger partial charge in [-0.2, -0.15) is 9.61 Å². The highest BCUT2D eigenvalue weighted by molar-refractivity contribution is 5.75. The van der Waals surface area contributed by atoms with E-state index in [2.05, 4.69) is 34.3 Å². The highest BCUT2D eigenvalue weighted by Crippen LogP contribution is 2.37. The van der Waals surface area contributed by atoms with E-state index in [1.807, 2.05) is 6.07 Å². The van der Waals surface area contributed by atoms with Crippen LogP contribution in [0, 0.1) is 5.92 Å². The molecule has 26 heavy (non-hydrogen) atoms. The molecule has 0 spiro atoms. The van der Waals surface area contributed by atoms with Crippen molar-refractivity contribution >= 4 is 17.4 Å². The molecule has 6 nitrogen and oxygen atoms in total. The van der Waals surface area contributed by atoms with Gasteiger partial charge < -0.3 is 10.8 Å². The summed E-state index contributed by atoms with van der Waals surface area (Å²) in [6.45, 7) is 0. The molecule has 1 fully saturated rings. The SMILES string of the molecule is Nc1c(-c2ccc(C3CCC(CC(=O)O)CC3)cc2)cnc2ccnn12. The Morgan fingerprint density at radius 2 is 1.88 bits per heavy atom. The summed E-state index contributed by atoms with van der Waals surface area (Å²) in [5.41, 5.74) is 10.2. The van der Waals surface area contributed by atoms with Crippen molar-refractivity contribution in [3.8, 4) is 11.1 Å². The number of carboxylic acid groups (broad SMARTS) is 1. The Balaban J connectivity index is 1.50. The number of carbonyl (C=O) groups is 1. The van der Waals surface area contributed by atoms with Gasteiger partial charge in [-0.3, -0.25) is 4.79 Å². The van der Waals surface area contributed by atoms with Gasteiger partial charge in [0.05, 0.1) is 6.20 Å². The van der Waals surface area contributed by atoms with Crippen molar-refractivity contribution in [3.05, 3.63) is 48.3 Å². The van der Waals surface area contributed by atoms with Crippen LogP contribution in [-0.4, -0.2) is 25.7 Å². The third kappa shape index (κ3) is 3.14. The summed E-state index contributed by atoms with van der Waals surface area (Å²) < 4.78 is 1.65. The molecule has 0 saturated heterocycles. The van der Waals surface area contributed by atoms with Gasteiger partial charge in [-0.15, -0.1) is 0 Å². The smallest absolute Gasteiger partial charge is 0.303 e. The first-order valence-electron chi connectivity index (χ1n) is 9.02. The summed E-state index contributed by atoms with van der Waals surface area (Å²) in [4.78, 5) is 15.3. The molecule has 3 N–H and O–H groups in total. The Bertz CT molecular complexity index is 925. The van der Waals surface area contributed by atoms with Crippen molar-refractivity contribution < 1.29 is 9.90 Å². The van der Waals surface area contributed by atoms with E-state index in [-0.39, 0.29) is 0 Å². The third-order valence-electron chi connectivity index (χ3n) is 5.46. The fourth-order valence-electron chi connectivity index (χ4n) is 3.99. The standard InChI is InChI=1S/C20H22N4O2/c21-20-17(12-22-18-9-10-23-24(18)20)16-7-5-15(6-8-16)14-3-1-13(2-4-14)11-19(25)26/h5-10,12-14H,1-4,11,21H2,(H,25,26). The van der Waals surface area contributed by atoms with Gasteiger partial charge in [0.25, 0.3) is 0 Å². The molecule has 0 unspecified atom stereocenters. The molecule has 4 rings (SSSR count). The lowest BCUT2D eigenvalue weighted by atomic mass is 9.77. The molecular formula is C20H22N4O2. The normalized spacial score (nSPS) is 20.3. The van der Waals surface area contributed by atoms with Crippen LogP contribution in [-0.2, 0) is 4.79 Å². The van der Waals surface area contributed by atoms with Crippen LogP contribution < -0.4 is 5.73 Å². The Labute approximate surface area is 151 Å². The minimum absolute atomic E-state index is 0.299. The second-order valence-corrected chi connectivity index (χ2v) is 7.10. The molecule has 0 atom stereocenters.